The van der Waals surface area contributed by atoms with Crippen LogP contribution in [-0.4, -0.2) is 9.97 Å². The number of para-hydroxylation sites is 1. The summed E-state index contributed by atoms with van der Waals surface area (Å²) >= 11 is 0. The fourth-order valence-electron chi connectivity index (χ4n) is 4.83. The zero-order valence-electron chi connectivity index (χ0n) is 20.0. The van der Waals surface area contributed by atoms with Crippen LogP contribution in [0.4, 0.5) is 0 Å². The van der Waals surface area contributed by atoms with Crippen LogP contribution in [0.5, 0.6) is 0 Å². The minimum absolute atomic E-state index is 0.716. The van der Waals surface area contributed by atoms with Gasteiger partial charge in [-0.15, -0.1) is 0 Å². The highest BCUT2D eigenvalue weighted by Crippen LogP contribution is 2.34. The lowest BCUT2D eigenvalue weighted by Crippen LogP contribution is -1.96. The Bertz CT molecular complexity index is 1810. The van der Waals surface area contributed by atoms with Crippen LogP contribution in [0.15, 0.2) is 138 Å². The summed E-state index contributed by atoms with van der Waals surface area (Å²) in [5, 5.41) is 2.25. The van der Waals surface area contributed by atoms with Crippen molar-refractivity contribution in [2.75, 3.05) is 0 Å². The molecule has 0 fully saturated rings. The van der Waals surface area contributed by atoms with E-state index in [1.165, 1.54) is 0 Å². The van der Waals surface area contributed by atoms with Crippen LogP contribution in [0.25, 0.3) is 67.0 Å². The van der Waals surface area contributed by atoms with E-state index >= 15 is 0 Å². The first-order chi connectivity index (χ1) is 18.3. The van der Waals surface area contributed by atoms with Crippen molar-refractivity contribution in [3.05, 3.63) is 133 Å². The number of furan rings is 1. The predicted molar refractivity (Wildman–Crippen MR) is 151 cm³/mol. The molecule has 0 saturated heterocycles. The van der Waals surface area contributed by atoms with E-state index in [0.29, 0.717) is 5.82 Å². The summed E-state index contributed by atoms with van der Waals surface area (Å²) in [5.74, 6) is 0.716. The molecule has 5 aromatic carbocycles. The van der Waals surface area contributed by atoms with Crippen molar-refractivity contribution in [3.63, 3.8) is 0 Å². The van der Waals surface area contributed by atoms with Crippen molar-refractivity contribution in [2.45, 2.75) is 0 Å². The van der Waals surface area contributed by atoms with Gasteiger partial charge in [0.05, 0.1) is 11.4 Å². The van der Waals surface area contributed by atoms with Crippen molar-refractivity contribution in [1.82, 2.24) is 9.97 Å². The van der Waals surface area contributed by atoms with Crippen LogP contribution in [0.1, 0.15) is 0 Å². The molecule has 0 unspecified atom stereocenters. The Morgan fingerprint density at radius 2 is 0.973 bits per heavy atom. The number of rotatable bonds is 4. The molecule has 0 amide bonds. The fraction of sp³-hybridized carbons (Fsp3) is 0. The zero-order valence-corrected chi connectivity index (χ0v) is 20.0. The number of aromatic nitrogens is 2. The van der Waals surface area contributed by atoms with Gasteiger partial charge in [-0.2, -0.15) is 0 Å². The minimum atomic E-state index is 0.716. The molecular weight excluding hydrogens is 452 g/mol. The lowest BCUT2D eigenvalue weighted by Gasteiger charge is -2.10. The molecule has 0 aliphatic carbocycles. The molecule has 2 aromatic heterocycles. The Labute approximate surface area is 214 Å². The highest BCUT2D eigenvalue weighted by molar-refractivity contribution is 6.06. The third-order valence-corrected chi connectivity index (χ3v) is 6.70. The van der Waals surface area contributed by atoms with Crippen LogP contribution >= 0.6 is 0 Å². The number of fused-ring (bicyclic) bond motifs is 3. The highest BCUT2D eigenvalue weighted by atomic mass is 16.3. The molecule has 7 aromatic rings. The first-order valence-corrected chi connectivity index (χ1v) is 12.3. The molecular formula is C34H22N2O. The smallest absolute Gasteiger partial charge is 0.160 e. The lowest BCUT2D eigenvalue weighted by molar-refractivity contribution is 0.669. The third-order valence-electron chi connectivity index (χ3n) is 6.70. The molecule has 3 nitrogen and oxygen atoms in total. The number of nitrogens with zero attached hydrogens (tertiary/aromatic N) is 2. The molecule has 0 spiro atoms. The molecule has 37 heavy (non-hydrogen) atoms. The second kappa shape index (κ2) is 8.89. The number of hydrogen-bond donors (Lipinski definition) is 0. The van der Waals surface area contributed by atoms with E-state index in [4.69, 9.17) is 14.4 Å². The van der Waals surface area contributed by atoms with E-state index in [1.54, 1.807) is 0 Å². The maximum absolute atomic E-state index is 6.03. The van der Waals surface area contributed by atoms with Gasteiger partial charge in [-0.25, -0.2) is 9.97 Å². The average molecular weight is 475 g/mol. The molecule has 0 saturated carbocycles. The van der Waals surface area contributed by atoms with E-state index in [0.717, 1.165) is 61.1 Å². The minimum Gasteiger partial charge on any atom is -0.456 e. The van der Waals surface area contributed by atoms with Crippen molar-refractivity contribution in [2.24, 2.45) is 0 Å². The predicted octanol–water partition coefficient (Wildman–Crippen LogP) is 9.04. The maximum Gasteiger partial charge on any atom is 0.160 e. The third kappa shape index (κ3) is 3.97. The first kappa shape index (κ1) is 21.3. The Morgan fingerprint density at radius 1 is 0.378 bits per heavy atom. The second-order valence-electron chi connectivity index (χ2n) is 9.08. The van der Waals surface area contributed by atoms with Crippen molar-refractivity contribution < 1.29 is 4.42 Å². The van der Waals surface area contributed by atoms with Crippen molar-refractivity contribution in [1.29, 1.82) is 0 Å². The van der Waals surface area contributed by atoms with E-state index in [1.807, 2.05) is 54.6 Å². The topological polar surface area (TPSA) is 38.9 Å². The first-order valence-electron chi connectivity index (χ1n) is 12.3. The van der Waals surface area contributed by atoms with Gasteiger partial charge < -0.3 is 4.42 Å². The Balaban J connectivity index is 1.36. The van der Waals surface area contributed by atoms with Gasteiger partial charge in [0, 0.05) is 27.5 Å². The molecule has 7 rings (SSSR count). The monoisotopic (exact) mass is 474 g/mol. The van der Waals surface area contributed by atoms with Gasteiger partial charge in [0.15, 0.2) is 5.82 Å². The lowest BCUT2D eigenvalue weighted by atomic mass is 9.99. The van der Waals surface area contributed by atoms with Crippen molar-refractivity contribution >= 4 is 21.9 Å². The molecule has 0 radical (unpaired) electrons. The van der Waals surface area contributed by atoms with E-state index in [-0.39, 0.29) is 0 Å². The second-order valence-corrected chi connectivity index (χ2v) is 9.08. The molecule has 174 valence electrons. The SMILES string of the molecule is c1ccc(-c2cc(-c3cccc(-c4ccc5oc6ccccc6c5c4)c3)nc(-c3ccccc3)n2)cc1. The van der Waals surface area contributed by atoms with Crippen LogP contribution in [0.2, 0.25) is 0 Å². The highest BCUT2D eigenvalue weighted by Gasteiger charge is 2.12. The average Bonchev–Trinajstić information content (AvgIpc) is 3.36. The summed E-state index contributed by atoms with van der Waals surface area (Å²) < 4.78 is 6.03. The quantitative estimate of drug-likeness (QED) is 0.255. The summed E-state index contributed by atoms with van der Waals surface area (Å²) in [6.45, 7) is 0. The Hall–Kier alpha value is -5.02. The van der Waals surface area contributed by atoms with Gasteiger partial charge >= 0.3 is 0 Å². The summed E-state index contributed by atoms with van der Waals surface area (Å²) in [5.41, 5.74) is 8.99. The molecule has 2 heterocycles. The maximum atomic E-state index is 6.03. The van der Waals surface area contributed by atoms with Crippen LogP contribution in [0, 0.1) is 0 Å². The Morgan fingerprint density at radius 3 is 1.78 bits per heavy atom. The van der Waals surface area contributed by atoms with Gasteiger partial charge in [-0.05, 0) is 41.5 Å². The molecule has 0 aliphatic rings. The molecule has 0 aliphatic heterocycles. The van der Waals surface area contributed by atoms with Gasteiger partial charge in [0.1, 0.15) is 11.2 Å². The summed E-state index contributed by atoms with van der Waals surface area (Å²) in [4.78, 5) is 9.91. The van der Waals surface area contributed by atoms with Gasteiger partial charge in [-0.3, -0.25) is 0 Å². The summed E-state index contributed by atoms with van der Waals surface area (Å²) in [6, 6.07) is 45.6. The molecule has 3 heteroatoms. The van der Waals surface area contributed by atoms with E-state index in [2.05, 4.69) is 78.9 Å². The standard InChI is InChI=1S/C34H22N2O/c1-3-10-23(11-4-1)30-22-31(36-34(35-30)24-12-5-2-6-13-24)27-15-9-14-25(20-27)26-18-19-33-29(21-26)28-16-7-8-17-32(28)37-33/h1-22H. The molecule has 0 atom stereocenters. The number of benzene rings is 5. The molecule has 0 bridgehead atoms. The van der Waals surface area contributed by atoms with Gasteiger partial charge in [-0.1, -0.05) is 103 Å². The van der Waals surface area contributed by atoms with Crippen molar-refractivity contribution in [3.8, 4) is 45.0 Å². The molecule has 0 N–H and O–H groups in total. The zero-order chi connectivity index (χ0) is 24.6. The van der Waals surface area contributed by atoms with Crippen LogP contribution in [0.3, 0.4) is 0 Å². The Kier molecular flexibility index (Phi) is 5.11. The summed E-state index contributed by atoms with van der Waals surface area (Å²) in [7, 11) is 0. The van der Waals surface area contributed by atoms with E-state index < -0.39 is 0 Å². The normalized spacial score (nSPS) is 11.2. The van der Waals surface area contributed by atoms with E-state index in [9.17, 15) is 0 Å². The largest absolute Gasteiger partial charge is 0.456 e. The van der Waals surface area contributed by atoms with Gasteiger partial charge in [0.25, 0.3) is 0 Å². The van der Waals surface area contributed by atoms with Crippen LogP contribution in [-0.2, 0) is 0 Å². The fourth-order valence-corrected chi connectivity index (χ4v) is 4.83. The van der Waals surface area contributed by atoms with Crippen LogP contribution < -0.4 is 0 Å². The van der Waals surface area contributed by atoms with Gasteiger partial charge in [0.2, 0.25) is 0 Å². The number of hydrogen-bond acceptors (Lipinski definition) is 3. The summed E-state index contributed by atoms with van der Waals surface area (Å²) in [6.07, 6.45) is 0.